The molecule has 0 radical (unpaired) electrons. The van der Waals surface area contributed by atoms with E-state index in [2.05, 4.69) is 14.9 Å². The van der Waals surface area contributed by atoms with Crippen LogP contribution in [0.4, 0.5) is 0 Å². The van der Waals surface area contributed by atoms with Gasteiger partial charge in [-0.25, -0.2) is 9.78 Å². The van der Waals surface area contributed by atoms with E-state index >= 15 is 0 Å². The van der Waals surface area contributed by atoms with E-state index in [9.17, 15) is 14.7 Å². The number of thiazole rings is 1. The highest BCUT2D eigenvalue weighted by atomic mass is 32.1. The normalized spacial score (nSPS) is 25.6. The largest absolute Gasteiger partial charge is 0.387 e. The topological polar surface area (TPSA) is 91.2 Å². The molecular weight excluding hydrogens is 316 g/mol. The Labute approximate surface area is 137 Å². The molecule has 1 aliphatic heterocycles. The van der Waals surface area contributed by atoms with E-state index in [0.29, 0.717) is 19.5 Å². The van der Waals surface area contributed by atoms with Crippen molar-refractivity contribution in [3.05, 3.63) is 49.2 Å². The number of H-pyrrole nitrogens is 1. The Bertz CT molecular complexity index is 807. The fraction of sp³-hybridized carbons (Fsp3) is 0.533. The van der Waals surface area contributed by atoms with Crippen molar-refractivity contribution in [3.63, 3.8) is 0 Å². The number of hydrogen-bond donors (Lipinski definition) is 2. The third-order valence-electron chi connectivity index (χ3n) is 4.22. The smallest absolute Gasteiger partial charge is 0.328 e. The molecule has 1 fully saturated rings. The Morgan fingerprint density at radius 3 is 2.91 bits per heavy atom. The maximum atomic E-state index is 12.0. The van der Waals surface area contributed by atoms with E-state index in [0.717, 1.165) is 17.2 Å². The highest BCUT2D eigenvalue weighted by Crippen LogP contribution is 2.31. The highest BCUT2D eigenvalue weighted by Gasteiger charge is 2.39. The second kappa shape index (κ2) is 6.03. The van der Waals surface area contributed by atoms with Gasteiger partial charge in [-0.1, -0.05) is 0 Å². The van der Waals surface area contributed by atoms with Gasteiger partial charge in [-0.2, -0.15) is 0 Å². The highest BCUT2D eigenvalue weighted by molar-refractivity contribution is 7.09. The summed E-state index contributed by atoms with van der Waals surface area (Å²) in [5.41, 5.74) is -0.970. The minimum Gasteiger partial charge on any atom is -0.387 e. The van der Waals surface area contributed by atoms with Crippen LogP contribution in [-0.2, 0) is 6.54 Å². The van der Waals surface area contributed by atoms with Gasteiger partial charge in [0.1, 0.15) is 0 Å². The summed E-state index contributed by atoms with van der Waals surface area (Å²) in [7, 11) is 0. The number of aromatic amines is 1. The third kappa shape index (κ3) is 3.44. The first-order valence-electron chi connectivity index (χ1n) is 7.52. The molecule has 2 atom stereocenters. The zero-order chi connectivity index (χ0) is 16.6. The lowest BCUT2D eigenvalue weighted by Crippen LogP contribution is -2.54. The van der Waals surface area contributed by atoms with Crippen LogP contribution >= 0.6 is 11.3 Å². The first-order valence-corrected chi connectivity index (χ1v) is 8.40. The standard InChI is InChI=1S/C15H20N4O3S/c1-10-16-11(8-23-10)7-18-5-3-12(15(2,22)9-18)19-6-4-13(20)17-14(19)21/h4,6,8,12,22H,3,5,7,9H2,1-2H3,(H,17,20,21)/t12-,15-/m1/s1. The van der Waals surface area contributed by atoms with Crippen LogP contribution in [0.3, 0.4) is 0 Å². The van der Waals surface area contributed by atoms with Gasteiger partial charge in [-0.3, -0.25) is 19.2 Å². The first-order chi connectivity index (χ1) is 10.8. The van der Waals surface area contributed by atoms with Gasteiger partial charge in [0.2, 0.25) is 0 Å². The van der Waals surface area contributed by atoms with E-state index < -0.39 is 16.9 Å². The van der Waals surface area contributed by atoms with Crippen molar-refractivity contribution in [1.82, 2.24) is 19.4 Å². The molecule has 3 heterocycles. The van der Waals surface area contributed by atoms with Crippen molar-refractivity contribution in [3.8, 4) is 0 Å². The van der Waals surface area contributed by atoms with Crippen LogP contribution in [0.1, 0.15) is 30.1 Å². The Morgan fingerprint density at radius 1 is 1.52 bits per heavy atom. The van der Waals surface area contributed by atoms with Crippen molar-refractivity contribution in [1.29, 1.82) is 0 Å². The Balaban J connectivity index is 1.77. The molecular formula is C15H20N4O3S. The van der Waals surface area contributed by atoms with Crippen LogP contribution in [0.15, 0.2) is 27.2 Å². The van der Waals surface area contributed by atoms with Gasteiger partial charge in [0.05, 0.1) is 22.3 Å². The molecule has 0 bridgehead atoms. The van der Waals surface area contributed by atoms with Crippen LogP contribution in [0.25, 0.3) is 0 Å². The third-order valence-corrected chi connectivity index (χ3v) is 5.04. The molecule has 8 heteroatoms. The van der Waals surface area contributed by atoms with Crippen molar-refractivity contribution < 1.29 is 5.11 Å². The fourth-order valence-corrected chi connectivity index (χ4v) is 3.81. The fourth-order valence-electron chi connectivity index (χ4n) is 3.21. The average Bonchev–Trinajstić information content (AvgIpc) is 2.84. The lowest BCUT2D eigenvalue weighted by Gasteiger charge is -2.43. The second-order valence-electron chi connectivity index (χ2n) is 6.25. The molecule has 0 unspecified atom stereocenters. The summed E-state index contributed by atoms with van der Waals surface area (Å²) >= 11 is 1.61. The zero-order valence-corrected chi connectivity index (χ0v) is 14.0. The summed E-state index contributed by atoms with van der Waals surface area (Å²) < 4.78 is 1.42. The minimum absolute atomic E-state index is 0.361. The molecule has 2 aromatic rings. The summed E-state index contributed by atoms with van der Waals surface area (Å²) in [6.07, 6.45) is 2.09. The molecule has 3 rings (SSSR count). The summed E-state index contributed by atoms with van der Waals surface area (Å²) in [6.45, 7) is 5.59. The number of aromatic nitrogens is 3. The summed E-state index contributed by atoms with van der Waals surface area (Å²) in [4.78, 5) is 32.0. The maximum absolute atomic E-state index is 12.0. The van der Waals surface area contributed by atoms with E-state index in [1.807, 2.05) is 12.3 Å². The number of aliphatic hydroxyl groups is 1. The van der Waals surface area contributed by atoms with Gasteiger partial charge >= 0.3 is 5.69 Å². The van der Waals surface area contributed by atoms with Crippen LogP contribution in [0, 0.1) is 6.92 Å². The summed E-state index contributed by atoms with van der Waals surface area (Å²) in [5.74, 6) is 0. The monoisotopic (exact) mass is 336 g/mol. The Hall–Kier alpha value is -1.77. The minimum atomic E-state index is -1.06. The van der Waals surface area contributed by atoms with Gasteiger partial charge < -0.3 is 5.11 Å². The Kier molecular flexibility index (Phi) is 4.22. The number of rotatable bonds is 3. The molecule has 1 aliphatic rings. The molecule has 2 aromatic heterocycles. The van der Waals surface area contributed by atoms with Crippen molar-refractivity contribution in [2.45, 2.75) is 38.5 Å². The van der Waals surface area contributed by atoms with Crippen molar-refractivity contribution in [2.24, 2.45) is 0 Å². The van der Waals surface area contributed by atoms with Crippen LogP contribution in [0.5, 0.6) is 0 Å². The summed E-state index contributed by atoms with van der Waals surface area (Å²) in [5, 5.41) is 13.9. The van der Waals surface area contributed by atoms with Gasteiger partial charge in [0, 0.05) is 37.3 Å². The van der Waals surface area contributed by atoms with Gasteiger partial charge in [0.25, 0.3) is 5.56 Å². The number of nitrogens with zero attached hydrogens (tertiary/aromatic N) is 3. The first kappa shape index (κ1) is 16.1. The van der Waals surface area contributed by atoms with Crippen LogP contribution in [-0.4, -0.2) is 43.2 Å². The quantitative estimate of drug-likeness (QED) is 0.852. The molecule has 7 nitrogen and oxygen atoms in total. The number of nitrogens with one attached hydrogen (secondary N) is 1. The number of aryl methyl sites for hydroxylation is 1. The molecule has 0 amide bonds. The van der Waals surface area contributed by atoms with Crippen molar-refractivity contribution in [2.75, 3.05) is 13.1 Å². The molecule has 0 spiro atoms. The number of piperidine rings is 1. The predicted molar refractivity (Wildman–Crippen MR) is 87.7 cm³/mol. The van der Waals surface area contributed by atoms with Gasteiger partial charge in [-0.15, -0.1) is 11.3 Å². The average molecular weight is 336 g/mol. The second-order valence-corrected chi connectivity index (χ2v) is 7.31. The number of likely N-dealkylation sites (tertiary alicyclic amines) is 1. The van der Waals surface area contributed by atoms with Crippen molar-refractivity contribution >= 4 is 11.3 Å². The molecule has 0 saturated carbocycles. The molecule has 2 N–H and O–H groups in total. The van der Waals surface area contributed by atoms with Crippen LogP contribution in [0.2, 0.25) is 0 Å². The van der Waals surface area contributed by atoms with Crippen LogP contribution < -0.4 is 11.2 Å². The lowest BCUT2D eigenvalue weighted by molar-refractivity contribution is -0.0605. The maximum Gasteiger partial charge on any atom is 0.328 e. The van der Waals surface area contributed by atoms with E-state index in [4.69, 9.17) is 0 Å². The molecule has 124 valence electrons. The summed E-state index contributed by atoms with van der Waals surface area (Å²) in [6, 6.07) is 0.947. The molecule has 23 heavy (non-hydrogen) atoms. The van der Waals surface area contributed by atoms with E-state index in [1.54, 1.807) is 18.3 Å². The Morgan fingerprint density at radius 2 is 2.30 bits per heavy atom. The van der Waals surface area contributed by atoms with E-state index in [-0.39, 0.29) is 6.04 Å². The SMILES string of the molecule is Cc1nc(CN2CC[C@@H](n3ccc(=O)[nH]c3=O)[C@](C)(O)C2)cs1. The molecule has 0 aromatic carbocycles. The van der Waals surface area contributed by atoms with Gasteiger partial charge in [0.15, 0.2) is 0 Å². The molecule has 0 aliphatic carbocycles. The van der Waals surface area contributed by atoms with E-state index in [1.165, 1.54) is 16.8 Å². The van der Waals surface area contributed by atoms with Gasteiger partial charge in [-0.05, 0) is 20.3 Å². The zero-order valence-electron chi connectivity index (χ0n) is 13.2. The molecule has 1 saturated heterocycles. The predicted octanol–water partition coefficient (Wildman–Crippen LogP) is 0.500. The lowest BCUT2D eigenvalue weighted by atomic mass is 9.88. The number of β-amino-alcohol motifs (C(OH)–C–C–N with tert-alkyl or cyclic N) is 1. The number of hydrogen-bond acceptors (Lipinski definition) is 6.